The van der Waals surface area contributed by atoms with Crippen LogP contribution in [0.1, 0.15) is 41.6 Å². The fourth-order valence-corrected chi connectivity index (χ4v) is 4.45. The van der Waals surface area contributed by atoms with Crippen LogP contribution in [0.15, 0.2) is 46.6 Å². The molecule has 1 aliphatic rings. The third kappa shape index (κ3) is 3.01. The van der Waals surface area contributed by atoms with Crippen LogP contribution in [0.3, 0.4) is 0 Å². The third-order valence-corrected chi connectivity index (χ3v) is 5.86. The van der Waals surface area contributed by atoms with Crippen LogP contribution >= 0.6 is 11.3 Å². The maximum Gasteiger partial charge on any atom is 0.268 e. The molecule has 2 heterocycles. The molecule has 0 saturated heterocycles. The Balaban J connectivity index is 1.80. The first-order valence-corrected chi connectivity index (χ1v) is 9.71. The van der Waals surface area contributed by atoms with Crippen molar-refractivity contribution in [2.45, 2.75) is 38.3 Å². The van der Waals surface area contributed by atoms with E-state index in [0.717, 1.165) is 31.2 Å². The van der Waals surface area contributed by atoms with Gasteiger partial charge in [-0.3, -0.25) is 9.59 Å². The fraction of sp³-hybridized carbons (Fsp3) is 0.300. The van der Waals surface area contributed by atoms with E-state index in [-0.39, 0.29) is 17.4 Å². The summed E-state index contributed by atoms with van der Waals surface area (Å²) in [5.41, 5.74) is 1.02. The minimum atomic E-state index is -0.475. The number of benzene rings is 1. The van der Waals surface area contributed by atoms with Crippen molar-refractivity contribution < 1.29 is 9.90 Å². The quantitative estimate of drug-likeness (QED) is 0.740. The topological polar surface area (TPSA) is 71.3 Å². The van der Waals surface area contributed by atoms with E-state index in [9.17, 15) is 14.7 Å². The van der Waals surface area contributed by atoms with Gasteiger partial charge in [0.05, 0.1) is 16.8 Å². The number of thiophene rings is 1. The molecule has 0 bridgehead atoms. The molecule has 0 unspecified atom stereocenters. The first kappa shape index (κ1) is 16.8. The Hall–Kier alpha value is -2.60. The zero-order chi connectivity index (χ0) is 18.1. The fourth-order valence-electron chi connectivity index (χ4n) is 3.61. The summed E-state index contributed by atoms with van der Waals surface area (Å²) in [6.45, 7) is 0.358. The summed E-state index contributed by atoms with van der Waals surface area (Å²) in [7, 11) is 0. The third-order valence-electron chi connectivity index (χ3n) is 4.95. The highest BCUT2D eigenvalue weighted by molar-refractivity contribution is 7.17. The second-order valence-corrected chi connectivity index (χ2v) is 7.61. The Morgan fingerprint density at radius 2 is 1.92 bits per heavy atom. The molecule has 0 atom stereocenters. The van der Waals surface area contributed by atoms with Crippen molar-refractivity contribution in [1.82, 2.24) is 9.88 Å². The van der Waals surface area contributed by atoms with Crippen molar-refractivity contribution in [3.8, 4) is 5.75 Å². The molecule has 6 heteroatoms. The molecule has 4 rings (SSSR count). The van der Waals surface area contributed by atoms with Crippen LogP contribution in [0.25, 0.3) is 10.2 Å². The molecule has 5 nitrogen and oxygen atoms in total. The summed E-state index contributed by atoms with van der Waals surface area (Å²) in [6.07, 6.45) is 4.01. The number of aromatic nitrogens is 1. The molecule has 134 valence electrons. The molecule has 0 spiro atoms. The van der Waals surface area contributed by atoms with Crippen molar-refractivity contribution in [3.05, 3.63) is 63.3 Å². The van der Waals surface area contributed by atoms with Crippen LogP contribution in [-0.2, 0) is 6.54 Å². The standard InChI is InChI=1S/C20H20N2O3S/c23-17-16(19(24)21-14-8-4-5-9-14)20(25)22(15-10-11-26-18(15)17)12-13-6-2-1-3-7-13/h1-3,6-7,10-11,14,23H,4-5,8-9,12H2,(H,21,24). The Morgan fingerprint density at radius 3 is 2.65 bits per heavy atom. The summed E-state index contributed by atoms with van der Waals surface area (Å²) in [5.74, 6) is -0.684. The van der Waals surface area contributed by atoms with Gasteiger partial charge in [0.2, 0.25) is 0 Å². The number of pyridine rings is 1. The monoisotopic (exact) mass is 368 g/mol. The van der Waals surface area contributed by atoms with Gasteiger partial charge in [0.25, 0.3) is 11.5 Å². The van der Waals surface area contributed by atoms with E-state index in [0.29, 0.717) is 16.8 Å². The number of nitrogens with one attached hydrogen (secondary N) is 1. The van der Waals surface area contributed by atoms with Crippen LogP contribution in [0.5, 0.6) is 5.75 Å². The van der Waals surface area contributed by atoms with Crippen molar-refractivity contribution in [3.63, 3.8) is 0 Å². The smallest absolute Gasteiger partial charge is 0.268 e. The van der Waals surface area contributed by atoms with Gasteiger partial charge >= 0.3 is 0 Å². The summed E-state index contributed by atoms with van der Waals surface area (Å²) >= 11 is 1.33. The Bertz CT molecular complexity index is 1000. The van der Waals surface area contributed by atoms with Crippen LogP contribution in [-0.4, -0.2) is 21.6 Å². The Labute approximate surface area is 154 Å². The van der Waals surface area contributed by atoms with Gasteiger partial charge in [-0.15, -0.1) is 11.3 Å². The maximum atomic E-state index is 13.1. The molecule has 1 aliphatic carbocycles. The van der Waals surface area contributed by atoms with E-state index < -0.39 is 11.5 Å². The molecule has 1 aromatic carbocycles. The van der Waals surface area contributed by atoms with E-state index >= 15 is 0 Å². The van der Waals surface area contributed by atoms with E-state index in [1.54, 1.807) is 4.57 Å². The highest BCUT2D eigenvalue weighted by Crippen LogP contribution is 2.31. The van der Waals surface area contributed by atoms with E-state index in [1.165, 1.54) is 11.3 Å². The molecule has 1 saturated carbocycles. The maximum absolute atomic E-state index is 13.1. The van der Waals surface area contributed by atoms with Crippen LogP contribution in [0, 0.1) is 0 Å². The number of hydrogen-bond acceptors (Lipinski definition) is 4. The predicted octanol–water partition coefficient (Wildman–Crippen LogP) is 3.49. The molecule has 26 heavy (non-hydrogen) atoms. The van der Waals surface area contributed by atoms with Gasteiger partial charge in [0.15, 0.2) is 5.75 Å². The lowest BCUT2D eigenvalue weighted by Crippen LogP contribution is -2.38. The molecule has 1 amide bonds. The van der Waals surface area contributed by atoms with Crippen LogP contribution in [0.2, 0.25) is 0 Å². The molecule has 2 N–H and O–H groups in total. The average Bonchev–Trinajstić information content (AvgIpc) is 3.31. The van der Waals surface area contributed by atoms with Gasteiger partial charge in [-0.2, -0.15) is 0 Å². The number of amides is 1. The largest absolute Gasteiger partial charge is 0.505 e. The Morgan fingerprint density at radius 1 is 1.19 bits per heavy atom. The van der Waals surface area contributed by atoms with Gasteiger partial charge in [-0.25, -0.2) is 0 Å². The number of carbonyl (C=O) groups is 1. The number of hydrogen-bond donors (Lipinski definition) is 2. The first-order valence-electron chi connectivity index (χ1n) is 8.83. The lowest BCUT2D eigenvalue weighted by molar-refractivity contribution is 0.0933. The van der Waals surface area contributed by atoms with Crippen molar-refractivity contribution in [1.29, 1.82) is 0 Å². The van der Waals surface area contributed by atoms with Crippen molar-refractivity contribution in [2.75, 3.05) is 0 Å². The number of rotatable bonds is 4. The highest BCUT2D eigenvalue weighted by Gasteiger charge is 2.26. The average molecular weight is 368 g/mol. The summed E-state index contributed by atoms with van der Waals surface area (Å²) in [4.78, 5) is 25.8. The minimum Gasteiger partial charge on any atom is -0.505 e. The molecular formula is C20H20N2O3S. The second-order valence-electron chi connectivity index (χ2n) is 6.69. The molecule has 0 radical (unpaired) electrons. The molecular weight excluding hydrogens is 348 g/mol. The van der Waals surface area contributed by atoms with Crippen molar-refractivity contribution in [2.24, 2.45) is 0 Å². The van der Waals surface area contributed by atoms with E-state index in [2.05, 4.69) is 5.32 Å². The van der Waals surface area contributed by atoms with E-state index in [4.69, 9.17) is 0 Å². The normalized spacial score (nSPS) is 14.8. The highest BCUT2D eigenvalue weighted by atomic mass is 32.1. The summed E-state index contributed by atoms with van der Waals surface area (Å²) in [5, 5.41) is 15.3. The zero-order valence-electron chi connectivity index (χ0n) is 14.3. The lowest BCUT2D eigenvalue weighted by atomic mass is 10.1. The second kappa shape index (κ2) is 6.96. The number of fused-ring (bicyclic) bond motifs is 1. The Kier molecular flexibility index (Phi) is 4.51. The van der Waals surface area contributed by atoms with Crippen molar-refractivity contribution >= 4 is 27.5 Å². The predicted molar refractivity (Wildman–Crippen MR) is 103 cm³/mol. The number of aromatic hydroxyl groups is 1. The van der Waals surface area contributed by atoms with Gasteiger partial charge in [0.1, 0.15) is 5.56 Å². The van der Waals surface area contributed by atoms with Gasteiger partial charge < -0.3 is 15.0 Å². The molecule has 2 aromatic heterocycles. The number of carbonyl (C=O) groups excluding carboxylic acids is 1. The minimum absolute atomic E-state index is 0.0860. The van der Waals surface area contributed by atoms with Crippen LogP contribution in [0.4, 0.5) is 0 Å². The van der Waals surface area contributed by atoms with Crippen LogP contribution < -0.4 is 10.9 Å². The number of nitrogens with zero attached hydrogens (tertiary/aromatic N) is 1. The lowest BCUT2D eigenvalue weighted by Gasteiger charge is -2.15. The first-order chi connectivity index (χ1) is 12.6. The van der Waals surface area contributed by atoms with Gasteiger partial charge in [-0.05, 0) is 29.9 Å². The molecule has 0 aliphatic heterocycles. The molecule has 3 aromatic rings. The SMILES string of the molecule is O=C(NC1CCCC1)c1c(O)c2sccc2n(Cc2ccccc2)c1=O. The van der Waals surface area contributed by atoms with Gasteiger partial charge in [-0.1, -0.05) is 43.2 Å². The molecule has 1 fully saturated rings. The summed E-state index contributed by atoms with van der Waals surface area (Å²) in [6, 6.07) is 11.5. The zero-order valence-corrected chi connectivity index (χ0v) is 15.1. The van der Waals surface area contributed by atoms with Gasteiger partial charge in [0, 0.05) is 6.04 Å². The summed E-state index contributed by atoms with van der Waals surface area (Å²) < 4.78 is 2.14. The van der Waals surface area contributed by atoms with E-state index in [1.807, 2.05) is 41.8 Å².